The van der Waals surface area contributed by atoms with Gasteiger partial charge in [-0.2, -0.15) is 8.61 Å². The van der Waals surface area contributed by atoms with E-state index in [1.807, 2.05) is 0 Å². The highest BCUT2D eigenvalue weighted by Crippen LogP contribution is 2.25. The quantitative estimate of drug-likeness (QED) is 0.746. The zero-order chi connectivity index (χ0) is 20.7. The van der Waals surface area contributed by atoms with Gasteiger partial charge in [0.05, 0.1) is 9.79 Å². The summed E-state index contributed by atoms with van der Waals surface area (Å²) in [5, 5.41) is 0. The largest absolute Gasteiger partial charge is 0.243 e. The molecule has 0 N–H and O–H groups in total. The molecule has 0 aromatic heterocycles. The van der Waals surface area contributed by atoms with Crippen molar-refractivity contribution in [2.24, 2.45) is 0 Å². The summed E-state index contributed by atoms with van der Waals surface area (Å²) in [6, 6.07) is 7.06. The van der Waals surface area contributed by atoms with Gasteiger partial charge in [-0.3, -0.25) is 0 Å². The van der Waals surface area contributed by atoms with E-state index in [-0.39, 0.29) is 36.0 Å². The highest BCUT2D eigenvalue weighted by Gasteiger charge is 2.35. The van der Waals surface area contributed by atoms with Crippen LogP contribution in [-0.2, 0) is 20.0 Å². The Morgan fingerprint density at radius 1 is 0.679 bits per heavy atom. The average molecular weight is 430 g/mol. The molecule has 0 amide bonds. The molecule has 152 valence electrons. The van der Waals surface area contributed by atoms with E-state index in [2.05, 4.69) is 0 Å². The van der Waals surface area contributed by atoms with Crippen molar-refractivity contribution in [1.82, 2.24) is 8.61 Å². The molecule has 2 aromatic carbocycles. The zero-order valence-corrected chi connectivity index (χ0v) is 17.0. The van der Waals surface area contributed by atoms with Gasteiger partial charge in [0.15, 0.2) is 0 Å². The van der Waals surface area contributed by atoms with Gasteiger partial charge in [0, 0.05) is 26.2 Å². The third-order valence-electron chi connectivity index (χ3n) is 4.73. The van der Waals surface area contributed by atoms with Crippen LogP contribution in [0.5, 0.6) is 0 Å². The van der Waals surface area contributed by atoms with Crippen molar-refractivity contribution < 1.29 is 25.6 Å². The number of piperazine rings is 1. The molecule has 1 fully saturated rings. The van der Waals surface area contributed by atoms with E-state index in [1.165, 1.54) is 24.3 Å². The molecule has 1 aliphatic heterocycles. The van der Waals surface area contributed by atoms with E-state index in [1.54, 1.807) is 13.8 Å². The van der Waals surface area contributed by atoms with Crippen LogP contribution >= 0.6 is 0 Å². The van der Waals surface area contributed by atoms with E-state index in [4.69, 9.17) is 0 Å². The molecule has 3 rings (SSSR count). The van der Waals surface area contributed by atoms with Gasteiger partial charge in [-0.1, -0.05) is 12.1 Å². The van der Waals surface area contributed by atoms with Gasteiger partial charge in [-0.25, -0.2) is 25.6 Å². The lowest BCUT2D eigenvalue weighted by Crippen LogP contribution is -2.50. The Balaban J connectivity index is 1.82. The summed E-state index contributed by atoms with van der Waals surface area (Å²) >= 11 is 0. The van der Waals surface area contributed by atoms with Gasteiger partial charge >= 0.3 is 0 Å². The SMILES string of the molecule is Cc1ccc(F)cc1S(=O)(=O)N1CCN(S(=O)(=O)c2cc(F)ccc2C)CC1. The van der Waals surface area contributed by atoms with Crippen LogP contribution in [0.15, 0.2) is 46.2 Å². The van der Waals surface area contributed by atoms with E-state index < -0.39 is 31.7 Å². The lowest BCUT2D eigenvalue weighted by Gasteiger charge is -2.33. The van der Waals surface area contributed by atoms with Crippen LogP contribution in [0.3, 0.4) is 0 Å². The second-order valence-corrected chi connectivity index (χ2v) is 10.4. The van der Waals surface area contributed by atoms with Crippen molar-refractivity contribution >= 4 is 20.0 Å². The minimum absolute atomic E-state index is 0.0775. The third-order valence-corrected chi connectivity index (χ3v) is 8.81. The molecule has 0 bridgehead atoms. The molecule has 1 aliphatic rings. The molecular formula is C18H20F2N2O4S2. The standard InChI is InChI=1S/C18H20F2N2O4S2/c1-13-3-5-15(19)11-17(13)27(23,24)21-7-9-22(10-8-21)28(25,26)18-12-16(20)6-4-14(18)2/h3-6,11-12H,7-10H2,1-2H3. The van der Waals surface area contributed by atoms with Crippen LogP contribution in [-0.4, -0.2) is 51.6 Å². The molecule has 0 spiro atoms. The summed E-state index contributed by atoms with van der Waals surface area (Å²) < 4.78 is 80.6. The maximum Gasteiger partial charge on any atom is 0.243 e. The van der Waals surface area contributed by atoms with Crippen LogP contribution in [0.2, 0.25) is 0 Å². The summed E-state index contributed by atoms with van der Waals surface area (Å²) in [5.74, 6) is -1.32. The van der Waals surface area contributed by atoms with Gasteiger partial charge in [0.2, 0.25) is 20.0 Å². The number of sulfonamides is 2. The Labute approximate surface area is 163 Å². The molecule has 10 heteroatoms. The van der Waals surface area contributed by atoms with Gasteiger partial charge in [-0.05, 0) is 49.2 Å². The molecule has 2 aromatic rings. The van der Waals surface area contributed by atoms with Crippen molar-refractivity contribution in [3.63, 3.8) is 0 Å². The van der Waals surface area contributed by atoms with Crippen LogP contribution in [0, 0.1) is 25.5 Å². The zero-order valence-electron chi connectivity index (χ0n) is 15.4. The fourth-order valence-corrected chi connectivity index (χ4v) is 6.45. The number of hydrogen-bond acceptors (Lipinski definition) is 4. The fourth-order valence-electron chi connectivity index (χ4n) is 3.13. The first kappa shape index (κ1) is 20.8. The number of benzene rings is 2. The number of halogens is 2. The molecule has 0 unspecified atom stereocenters. The fraction of sp³-hybridized carbons (Fsp3) is 0.333. The Hall–Kier alpha value is -1.88. The summed E-state index contributed by atoms with van der Waals surface area (Å²) in [5.41, 5.74) is 0.818. The molecule has 28 heavy (non-hydrogen) atoms. The highest BCUT2D eigenvalue weighted by molar-refractivity contribution is 7.89. The Kier molecular flexibility index (Phi) is 5.59. The predicted molar refractivity (Wildman–Crippen MR) is 99.8 cm³/mol. The molecule has 0 saturated carbocycles. The first-order valence-electron chi connectivity index (χ1n) is 8.56. The normalized spacial score (nSPS) is 17.0. The number of nitrogens with zero attached hydrogens (tertiary/aromatic N) is 2. The molecule has 0 radical (unpaired) electrons. The van der Waals surface area contributed by atoms with E-state index in [9.17, 15) is 25.6 Å². The van der Waals surface area contributed by atoms with Crippen molar-refractivity contribution in [2.75, 3.05) is 26.2 Å². The summed E-state index contributed by atoms with van der Waals surface area (Å²) in [4.78, 5) is -0.269. The van der Waals surface area contributed by atoms with Crippen molar-refractivity contribution in [3.8, 4) is 0 Å². The number of aryl methyl sites for hydroxylation is 2. The van der Waals surface area contributed by atoms with Gasteiger partial charge in [0.1, 0.15) is 11.6 Å². The lowest BCUT2D eigenvalue weighted by atomic mass is 10.2. The van der Waals surface area contributed by atoms with Crippen molar-refractivity contribution in [1.29, 1.82) is 0 Å². The monoisotopic (exact) mass is 430 g/mol. The molecule has 0 aliphatic carbocycles. The van der Waals surface area contributed by atoms with Crippen molar-refractivity contribution in [3.05, 3.63) is 59.2 Å². The van der Waals surface area contributed by atoms with Gasteiger partial charge in [0.25, 0.3) is 0 Å². The Morgan fingerprint density at radius 3 is 1.32 bits per heavy atom. The maximum atomic E-state index is 13.5. The second-order valence-electron chi connectivity index (χ2n) is 6.63. The molecule has 6 nitrogen and oxygen atoms in total. The lowest BCUT2D eigenvalue weighted by molar-refractivity contribution is 0.272. The minimum Gasteiger partial charge on any atom is -0.207 e. The number of hydrogen-bond donors (Lipinski definition) is 0. The first-order valence-corrected chi connectivity index (χ1v) is 11.4. The minimum atomic E-state index is -3.95. The van der Waals surface area contributed by atoms with Crippen LogP contribution in [0.1, 0.15) is 11.1 Å². The Morgan fingerprint density at radius 2 is 1.00 bits per heavy atom. The van der Waals surface area contributed by atoms with Crippen molar-refractivity contribution in [2.45, 2.75) is 23.6 Å². The highest BCUT2D eigenvalue weighted by atomic mass is 32.2. The molecule has 1 saturated heterocycles. The molecule has 1 heterocycles. The van der Waals surface area contributed by atoms with Gasteiger partial charge < -0.3 is 0 Å². The predicted octanol–water partition coefficient (Wildman–Crippen LogP) is 2.28. The van der Waals surface area contributed by atoms with Crippen LogP contribution in [0.25, 0.3) is 0 Å². The summed E-state index contributed by atoms with van der Waals surface area (Å²) in [7, 11) is -7.90. The van der Waals surface area contributed by atoms with E-state index >= 15 is 0 Å². The van der Waals surface area contributed by atoms with Crippen LogP contribution in [0.4, 0.5) is 8.78 Å². The van der Waals surface area contributed by atoms with E-state index in [0.29, 0.717) is 11.1 Å². The molecule has 0 atom stereocenters. The van der Waals surface area contributed by atoms with E-state index in [0.717, 1.165) is 20.7 Å². The van der Waals surface area contributed by atoms with Crippen LogP contribution < -0.4 is 0 Å². The second kappa shape index (κ2) is 7.51. The summed E-state index contributed by atoms with van der Waals surface area (Å²) in [6.07, 6.45) is 0. The van der Waals surface area contributed by atoms with Gasteiger partial charge in [-0.15, -0.1) is 0 Å². The number of rotatable bonds is 4. The first-order chi connectivity index (χ1) is 13.0. The maximum absolute atomic E-state index is 13.5. The molecular weight excluding hydrogens is 410 g/mol. The Bertz CT molecular complexity index is 1020. The average Bonchev–Trinajstić information content (AvgIpc) is 2.65. The summed E-state index contributed by atoms with van der Waals surface area (Å²) in [6.45, 7) is 2.83. The topological polar surface area (TPSA) is 74.8 Å². The third kappa shape index (κ3) is 3.82. The smallest absolute Gasteiger partial charge is 0.207 e.